The first kappa shape index (κ1) is 17.8. The summed E-state index contributed by atoms with van der Waals surface area (Å²) in [6.07, 6.45) is 4.34. The van der Waals surface area contributed by atoms with Crippen LogP contribution in [-0.2, 0) is 9.59 Å². The summed E-state index contributed by atoms with van der Waals surface area (Å²) in [5.74, 6) is 0.0321. The van der Waals surface area contributed by atoms with Crippen LogP contribution < -0.4 is 5.32 Å². The van der Waals surface area contributed by atoms with E-state index in [0.29, 0.717) is 4.91 Å². The predicted molar refractivity (Wildman–Crippen MR) is 88.7 cm³/mol. The van der Waals surface area contributed by atoms with Gasteiger partial charge in [-0.25, -0.2) is 0 Å². The Morgan fingerprint density at radius 1 is 1.29 bits per heavy atom. The minimum absolute atomic E-state index is 0.0191. The van der Waals surface area contributed by atoms with Gasteiger partial charge in [-0.05, 0) is 30.6 Å². The molecular formula is C16H26N2O2S. The second kappa shape index (κ2) is 8.27. The number of carbonyl (C=O) groups excluding carboxylic acids is 2. The van der Waals surface area contributed by atoms with Crippen molar-refractivity contribution in [3.05, 3.63) is 23.0 Å². The number of rotatable bonds is 6. The van der Waals surface area contributed by atoms with E-state index in [2.05, 4.69) is 18.5 Å². The lowest BCUT2D eigenvalue weighted by molar-refractivity contribution is -0.134. The molecule has 2 amide bonds. The van der Waals surface area contributed by atoms with E-state index in [1.165, 1.54) is 11.8 Å². The van der Waals surface area contributed by atoms with E-state index < -0.39 is 0 Å². The van der Waals surface area contributed by atoms with Crippen LogP contribution in [0.5, 0.6) is 0 Å². The zero-order valence-corrected chi connectivity index (χ0v) is 14.1. The van der Waals surface area contributed by atoms with E-state index in [4.69, 9.17) is 0 Å². The van der Waals surface area contributed by atoms with Crippen LogP contribution in [0.2, 0.25) is 0 Å². The van der Waals surface area contributed by atoms with E-state index in [-0.39, 0.29) is 23.8 Å². The van der Waals surface area contributed by atoms with Crippen molar-refractivity contribution >= 4 is 23.6 Å². The summed E-state index contributed by atoms with van der Waals surface area (Å²) in [6.45, 7) is 9.67. The van der Waals surface area contributed by atoms with Gasteiger partial charge < -0.3 is 10.2 Å². The Balaban J connectivity index is 2.50. The van der Waals surface area contributed by atoms with Crippen molar-refractivity contribution in [1.29, 1.82) is 0 Å². The van der Waals surface area contributed by atoms with Crippen LogP contribution in [0, 0.1) is 5.92 Å². The van der Waals surface area contributed by atoms with Crippen LogP contribution in [0.4, 0.5) is 0 Å². The minimum atomic E-state index is -0.141. The molecule has 0 heterocycles. The number of nitrogens with one attached hydrogen (secondary N) is 1. The molecule has 0 saturated heterocycles. The molecule has 0 unspecified atom stereocenters. The second-order valence-electron chi connectivity index (χ2n) is 5.68. The van der Waals surface area contributed by atoms with E-state index in [1.807, 2.05) is 6.92 Å². The van der Waals surface area contributed by atoms with E-state index in [0.717, 1.165) is 37.0 Å². The molecule has 2 atom stereocenters. The Bertz CT molecular complexity index is 432. The second-order valence-corrected chi connectivity index (χ2v) is 6.96. The third-order valence-corrected chi connectivity index (χ3v) is 4.72. The lowest BCUT2D eigenvalue weighted by Crippen LogP contribution is -2.42. The number of hydrogen-bond donors (Lipinski definition) is 1. The number of nitrogens with zero attached hydrogens (tertiary/aromatic N) is 1. The van der Waals surface area contributed by atoms with Crippen molar-refractivity contribution in [2.75, 3.05) is 14.1 Å². The lowest BCUT2D eigenvalue weighted by Gasteiger charge is -2.30. The first-order valence-corrected chi connectivity index (χ1v) is 8.23. The predicted octanol–water partition coefficient (Wildman–Crippen LogP) is 2.92. The summed E-state index contributed by atoms with van der Waals surface area (Å²) in [5.41, 5.74) is 0. The molecule has 1 fully saturated rings. The standard InChI is InChI=1S/C16H26N2O2S/c1-6-11(2)21-12(3)15(19)17-14-9-7-8-13(10-14)16(20)18(4)5/h13-14H,2-3,6-10H2,1,4-5H3,(H,17,19)/t13-,14-/m0/s1. The van der Waals surface area contributed by atoms with Gasteiger partial charge in [-0.3, -0.25) is 9.59 Å². The molecular weight excluding hydrogens is 284 g/mol. The molecule has 5 heteroatoms. The highest BCUT2D eigenvalue weighted by Gasteiger charge is 2.29. The fraction of sp³-hybridized carbons (Fsp3) is 0.625. The fourth-order valence-electron chi connectivity index (χ4n) is 2.47. The first-order valence-electron chi connectivity index (χ1n) is 7.41. The highest BCUT2D eigenvalue weighted by atomic mass is 32.2. The SMILES string of the molecule is C=C(CC)SC(=C)C(=O)N[C@H]1CCC[C@H](C(=O)N(C)C)C1. The summed E-state index contributed by atoms with van der Waals surface area (Å²) in [6, 6.07) is 0.0624. The average Bonchev–Trinajstić information content (AvgIpc) is 2.46. The molecule has 0 spiro atoms. The van der Waals surface area contributed by atoms with Crippen LogP contribution in [0.1, 0.15) is 39.0 Å². The Morgan fingerprint density at radius 2 is 1.95 bits per heavy atom. The van der Waals surface area contributed by atoms with Crippen molar-refractivity contribution in [1.82, 2.24) is 10.2 Å². The summed E-state index contributed by atoms with van der Waals surface area (Å²) < 4.78 is 0. The van der Waals surface area contributed by atoms with Crippen molar-refractivity contribution in [3.8, 4) is 0 Å². The van der Waals surface area contributed by atoms with Gasteiger partial charge in [0.15, 0.2) is 0 Å². The van der Waals surface area contributed by atoms with E-state index >= 15 is 0 Å². The molecule has 0 aromatic carbocycles. The molecule has 1 aliphatic carbocycles. The van der Waals surface area contributed by atoms with E-state index in [9.17, 15) is 9.59 Å². The molecule has 118 valence electrons. The van der Waals surface area contributed by atoms with Gasteiger partial charge in [-0.2, -0.15) is 0 Å². The Hall–Kier alpha value is -1.23. The van der Waals surface area contributed by atoms with Gasteiger partial charge in [0.05, 0.1) is 4.91 Å². The molecule has 1 aliphatic rings. The zero-order chi connectivity index (χ0) is 16.0. The third kappa shape index (κ3) is 5.58. The molecule has 0 radical (unpaired) electrons. The largest absolute Gasteiger partial charge is 0.349 e. The smallest absolute Gasteiger partial charge is 0.257 e. The average molecular weight is 310 g/mol. The van der Waals surface area contributed by atoms with Gasteiger partial charge in [-0.1, -0.05) is 38.3 Å². The molecule has 21 heavy (non-hydrogen) atoms. The van der Waals surface area contributed by atoms with Gasteiger partial charge in [0.25, 0.3) is 5.91 Å². The number of carbonyl (C=O) groups is 2. The highest BCUT2D eigenvalue weighted by Crippen LogP contribution is 2.28. The van der Waals surface area contributed by atoms with Gasteiger partial charge in [0, 0.05) is 26.1 Å². The van der Waals surface area contributed by atoms with Crippen molar-refractivity contribution < 1.29 is 9.59 Å². The highest BCUT2D eigenvalue weighted by molar-refractivity contribution is 8.07. The number of thioether (sulfide) groups is 1. The molecule has 0 bridgehead atoms. The van der Waals surface area contributed by atoms with E-state index in [1.54, 1.807) is 19.0 Å². The number of amides is 2. The van der Waals surface area contributed by atoms with Crippen LogP contribution in [0.3, 0.4) is 0 Å². The number of hydrogen-bond acceptors (Lipinski definition) is 3. The molecule has 0 aliphatic heterocycles. The molecule has 1 N–H and O–H groups in total. The molecule has 1 rings (SSSR count). The topological polar surface area (TPSA) is 49.4 Å². The monoisotopic (exact) mass is 310 g/mol. The van der Waals surface area contributed by atoms with Crippen molar-refractivity contribution in [3.63, 3.8) is 0 Å². The minimum Gasteiger partial charge on any atom is -0.349 e. The zero-order valence-electron chi connectivity index (χ0n) is 13.3. The van der Waals surface area contributed by atoms with Crippen LogP contribution in [0.25, 0.3) is 0 Å². The van der Waals surface area contributed by atoms with Gasteiger partial charge in [0.2, 0.25) is 5.91 Å². The molecule has 1 saturated carbocycles. The summed E-state index contributed by atoms with van der Waals surface area (Å²) in [7, 11) is 3.55. The maximum atomic E-state index is 12.1. The van der Waals surface area contributed by atoms with Crippen LogP contribution in [0.15, 0.2) is 23.0 Å². The molecule has 0 aromatic heterocycles. The molecule has 0 aromatic rings. The lowest BCUT2D eigenvalue weighted by atomic mass is 9.85. The Morgan fingerprint density at radius 3 is 2.52 bits per heavy atom. The maximum absolute atomic E-state index is 12.1. The van der Waals surface area contributed by atoms with Gasteiger partial charge in [-0.15, -0.1) is 0 Å². The van der Waals surface area contributed by atoms with Crippen molar-refractivity contribution in [2.24, 2.45) is 5.92 Å². The summed E-state index contributed by atoms with van der Waals surface area (Å²) >= 11 is 1.33. The van der Waals surface area contributed by atoms with Crippen molar-refractivity contribution in [2.45, 2.75) is 45.1 Å². The third-order valence-electron chi connectivity index (χ3n) is 3.71. The first-order chi connectivity index (χ1) is 9.85. The quantitative estimate of drug-likeness (QED) is 0.767. The van der Waals surface area contributed by atoms with Gasteiger partial charge >= 0.3 is 0 Å². The Labute approximate surface area is 132 Å². The fourth-order valence-corrected chi connectivity index (χ4v) is 3.11. The summed E-state index contributed by atoms with van der Waals surface area (Å²) in [5, 5.41) is 3.00. The van der Waals surface area contributed by atoms with Gasteiger partial charge in [0.1, 0.15) is 0 Å². The summed E-state index contributed by atoms with van der Waals surface area (Å²) in [4.78, 5) is 27.2. The Kier molecular flexibility index (Phi) is 7.02. The molecule has 4 nitrogen and oxygen atoms in total. The maximum Gasteiger partial charge on any atom is 0.257 e. The van der Waals surface area contributed by atoms with Crippen LogP contribution >= 0.6 is 11.8 Å². The van der Waals surface area contributed by atoms with Crippen LogP contribution in [-0.4, -0.2) is 36.9 Å². The number of allylic oxidation sites excluding steroid dienone is 1. The normalized spacial score (nSPS) is 21.5.